The monoisotopic (exact) mass is 310 g/mol. The summed E-state index contributed by atoms with van der Waals surface area (Å²) in [4.78, 5) is 0. The van der Waals surface area contributed by atoms with Gasteiger partial charge in [-0.3, -0.25) is 0 Å². The Hall–Kier alpha value is -2.55. The van der Waals surface area contributed by atoms with Crippen LogP contribution in [-0.2, 0) is 11.6 Å². The predicted molar refractivity (Wildman–Crippen MR) is 83.3 cm³/mol. The van der Waals surface area contributed by atoms with Crippen LogP contribution >= 0.6 is 0 Å². The van der Waals surface area contributed by atoms with Gasteiger partial charge in [-0.25, -0.2) is 4.39 Å². The molecule has 0 saturated carbocycles. The zero-order valence-corrected chi connectivity index (χ0v) is 12.1. The van der Waals surface area contributed by atoms with E-state index in [1.165, 1.54) is 36.4 Å². The summed E-state index contributed by atoms with van der Waals surface area (Å²) in [5, 5.41) is 0. The average molecular weight is 310 g/mol. The lowest BCUT2D eigenvalue weighted by molar-refractivity contribution is 0.0294. The van der Waals surface area contributed by atoms with Crippen LogP contribution in [0.2, 0.25) is 0 Å². The molecule has 3 heteroatoms. The van der Waals surface area contributed by atoms with Crippen LogP contribution in [0.25, 0.3) is 0 Å². The number of hydrogen-bond acceptors (Lipinski definition) is 0. The summed E-state index contributed by atoms with van der Waals surface area (Å²) in [6.45, 7) is 0. The fourth-order valence-corrected chi connectivity index (χ4v) is 3.38. The summed E-state index contributed by atoms with van der Waals surface area (Å²) in [6.07, 6.45) is 0. The normalized spacial score (nSPS) is 17.2. The Morgan fingerprint density at radius 1 is 0.478 bits per heavy atom. The largest absolute Gasteiger partial charge is 0.299 e. The smallest absolute Gasteiger partial charge is 0.228 e. The first-order valence-electron chi connectivity index (χ1n) is 7.38. The Labute approximate surface area is 132 Å². The third kappa shape index (κ3) is 1.79. The van der Waals surface area contributed by atoms with Crippen LogP contribution in [0.5, 0.6) is 0 Å². The van der Waals surface area contributed by atoms with Gasteiger partial charge in [0.2, 0.25) is 0 Å². The van der Waals surface area contributed by atoms with Crippen LogP contribution in [0, 0.1) is 0 Å². The highest BCUT2D eigenvalue weighted by Crippen LogP contribution is 2.54. The Morgan fingerprint density at radius 2 is 0.870 bits per heavy atom. The van der Waals surface area contributed by atoms with Crippen molar-refractivity contribution in [2.75, 3.05) is 0 Å². The second kappa shape index (κ2) is 4.72. The minimum Gasteiger partial charge on any atom is -0.228 e. The van der Waals surface area contributed by atoms with Crippen LogP contribution in [0.4, 0.5) is 13.2 Å². The van der Waals surface area contributed by atoms with Gasteiger partial charge in [-0.2, -0.15) is 8.78 Å². The van der Waals surface area contributed by atoms with Crippen molar-refractivity contribution >= 4 is 0 Å². The Morgan fingerprint density at radius 3 is 1.35 bits per heavy atom. The van der Waals surface area contributed by atoms with Crippen LogP contribution in [-0.4, -0.2) is 0 Å². The van der Waals surface area contributed by atoms with E-state index in [1.54, 1.807) is 42.5 Å². The SMILES string of the molecule is FC1(F)c2ccccc2C(F)(c2ccccc2)c2ccccc21. The summed E-state index contributed by atoms with van der Waals surface area (Å²) in [6, 6.07) is 20.2. The van der Waals surface area contributed by atoms with E-state index in [-0.39, 0.29) is 22.3 Å². The summed E-state index contributed by atoms with van der Waals surface area (Å²) >= 11 is 0. The van der Waals surface area contributed by atoms with Gasteiger partial charge in [-0.15, -0.1) is 0 Å². The van der Waals surface area contributed by atoms with Gasteiger partial charge in [-0.05, 0) is 5.56 Å². The van der Waals surface area contributed by atoms with E-state index in [4.69, 9.17) is 0 Å². The average Bonchev–Trinajstić information content (AvgIpc) is 2.61. The summed E-state index contributed by atoms with van der Waals surface area (Å²) in [5.74, 6) is -3.21. The molecule has 0 radical (unpaired) electrons. The van der Waals surface area contributed by atoms with Crippen molar-refractivity contribution in [2.24, 2.45) is 0 Å². The van der Waals surface area contributed by atoms with Crippen molar-refractivity contribution in [1.82, 2.24) is 0 Å². The van der Waals surface area contributed by atoms with Crippen LogP contribution in [0.3, 0.4) is 0 Å². The molecule has 0 amide bonds. The maximum Gasteiger partial charge on any atom is 0.299 e. The zero-order chi connectivity index (χ0) is 16.1. The van der Waals surface area contributed by atoms with Crippen molar-refractivity contribution < 1.29 is 13.2 Å². The lowest BCUT2D eigenvalue weighted by Crippen LogP contribution is -2.36. The third-order valence-corrected chi connectivity index (χ3v) is 4.44. The first-order chi connectivity index (χ1) is 11.1. The van der Waals surface area contributed by atoms with Crippen LogP contribution < -0.4 is 0 Å². The minimum atomic E-state index is -3.21. The molecule has 0 aliphatic heterocycles. The molecule has 0 atom stereocenters. The lowest BCUT2D eigenvalue weighted by atomic mass is 9.71. The highest BCUT2D eigenvalue weighted by molar-refractivity contribution is 5.60. The molecule has 0 N–H and O–H groups in total. The van der Waals surface area contributed by atoms with E-state index >= 15 is 4.39 Å². The predicted octanol–water partition coefficient (Wildman–Crippen LogP) is 5.40. The molecule has 0 saturated heterocycles. The Balaban J connectivity index is 2.13. The topological polar surface area (TPSA) is 0 Å². The molecule has 1 aliphatic rings. The molecule has 4 rings (SSSR count). The molecule has 114 valence electrons. The van der Waals surface area contributed by atoms with Gasteiger partial charge in [0.1, 0.15) is 0 Å². The van der Waals surface area contributed by atoms with Crippen molar-refractivity contribution in [1.29, 1.82) is 0 Å². The zero-order valence-electron chi connectivity index (χ0n) is 12.1. The van der Waals surface area contributed by atoms with Crippen molar-refractivity contribution in [2.45, 2.75) is 11.6 Å². The molecule has 0 nitrogen and oxygen atoms in total. The van der Waals surface area contributed by atoms with E-state index < -0.39 is 11.6 Å². The molecule has 0 unspecified atom stereocenters. The summed E-state index contributed by atoms with van der Waals surface area (Å²) in [5.41, 5.74) is -2.26. The van der Waals surface area contributed by atoms with E-state index in [2.05, 4.69) is 0 Å². The molecular weight excluding hydrogens is 297 g/mol. The number of fused-ring (bicyclic) bond motifs is 2. The quantitative estimate of drug-likeness (QED) is 0.564. The molecule has 3 aromatic rings. The highest BCUT2D eigenvalue weighted by Gasteiger charge is 2.52. The number of alkyl halides is 3. The second-order valence-corrected chi connectivity index (χ2v) is 5.69. The lowest BCUT2D eigenvalue weighted by Gasteiger charge is -2.38. The molecular formula is C20H13F3. The number of rotatable bonds is 1. The summed E-state index contributed by atoms with van der Waals surface area (Å²) in [7, 11) is 0. The van der Waals surface area contributed by atoms with Gasteiger partial charge in [0.25, 0.3) is 5.92 Å². The second-order valence-electron chi connectivity index (χ2n) is 5.69. The van der Waals surface area contributed by atoms with E-state index in [0.29, 0.717) is 5.56 Å². The molecule has 23 heavy (non-hydrogen) atoms. The van der Waals surface area contributed by atoms with Crippen LogP contribution in [0.1, 0.15) is 27.8 Å². The summed E-state index contributed by atoms with van der Waals surface area (Å²) < 4.78 is 46.1. The fourth-order valence-electron chi connectivity index (χ4n) is 3.38. The van der Waals surface area contributed by atoms with E-state index in [1.807, 2.05) is 0 Å². The number of hydrogen-bond donors (Lipinski definition) is 0. The van der Waals surface area contributed by atoms with Crippen molar-refractivity contribution in [3.05, 3.63) is 107 Å². The maximum absolute atomic E-state index is 16.3. The van der Waals surface area contributed by atoms with E-state index in [0.717, 1.165) is 0 Å². The molecule has 0 aromatic heterocycles. The maximum atomic E-state index is 16.3. The fraction of sp³-hybridized carbons (Fsp3) is 0.100. The molecule has 0 heterocycles. The highest BCUT2D eigenvalue weighted by atomic mass is 19.3. The number of halogens is 3. The van der Waals surface area contributed by atoms with Gasteiger partial charge in [0.15, 0.2) is 5.67 Å². The molecule has 0 spiro atoms. The van der Waals surface area contributed by atoms with Gasteiger partial charge >= 0.3 is 0 Å². The third-order valence-electron chi connectivity index (χ3n) is 4.44. The van der Waals surface area contributed by atoms with Gasteiger partial charge in [-0.1, -0.05) is 78.9 Å². The van der Waals surface area contributed by atoms with Gasteiger partial charge in [0, 0.05) is 22.3 Å². The van der Waals surface area contributed by atoms with Gasteiger partial charge < -0.3 is 0 Å². The van der Waals surface area contributed by atoms with Gasteiger partial charge in [0.05, 0.1) is 0 Å². The standard InChI is InChI=1S/C20H13F3/c21-19(14-8-2-1-3-9-14)15-10-4-6-12-17(15)20(22,23)18-13-7-5-11-16(18)19/h1-13H. The van der Waals surface area contributed by atoms with E-state index in [9.17, 15) is 8.78 Å². The minimum absolute atomic E-state index is 0.00917. The van der Waals surface area contributed by atoms with Crippen molar-refractivity contribution in [3.63, 3.8) is 0 Å². The first kappa shape index (κ1) is 14.1. The molecule has 1 aliphatic carbocycles. The molecule has 3 aromatic carbocycles. The Kier molecular flexibility index (Phi) is 2.89. The molecule has 0 bridgehead atoms. The number of benzene rings is 3. The first-order valence-corrected chi connectivity index (χ1v) is 7.38. The van der Waals surface area contributed by atoms with Crippen LogP contribution in [0.15, 0.2) is 78.9 Å². The van der Waals surface area contributed by atoms with Crippen molar-refractivity contribution in [3.8, 4) is 0 Å². The Bertz CT molecular complexity index is 819. The molecule has 0 fully saturated rings.